The van der Waals surface area contributed by atoms with E-state index >= 15 is 0 Å². The zero-order valence-electron chi connectivity index (χ0n) is 12.6. The summed E-state index contributed by atoms with van der Waals surface area (Å²) < 4.78 is 19.3. The van der Waals surface area contributed by atoms with Crippen molar-refractivity contribution in [3.8, 4) is 17.0 Å². The zero-order valence-corrected chi connectivity index (χ0v) is 12.6. The van der Waals surface area contributed by atoms with E-state index in [0.717, 1.165) is 31.4 Å². The van der Waals surface area contributed by atoms with Crippen LogP contribution in [0.5, 0.6) is 5.75 Å². The van der Waals surface area contributed by atoms with Crippen LogP contribution in [0, 0.1) is 5.82 Å². The maximum Gasteiger partial charge on any atom is 0.165 e. The Hall–Kier alpha value is -1.97. The van der Waals surface area contributed by atoms with Crippen LogP contribution in [-0.4, -0.2) is 16.6 Å². The molecule has 0 aliphatic heterocycles. The average Bonchev–Trinajstić information content (AvgIpc) is 2.52. The molecule has 0 saturated carbocycles. The Morgan fingerprint density at radius 3 is 2.57 bits per heavy atom. The standard InChI is InChI=1S/C17H21FN2O/c1-3-5-6-14-11-20-16(12-19-14)13-7-8-17(15(18)10-13)21-9-4-2/h7-8,10-12H,3-6,9H2,1-2H3. The third-order valence-electron chi connectivity index (χ3n) is 3.18. The van der Waals surface area contributed by atoms with E-state index in [9.17, 15) is 4.39 Å². The van der Waals surface area contributed by atoms with Crippen LogP contribution in [0.3, 0.4) is 0 Å². The summed E-state index contributed by atoms with van der Waals surface area (Å²) in [6.07, 6.45) is 7.49. The van der Waals surface area contributed by atoms with E-state index in [-0.39, 0.29) is 11.6 Å². The molecule has 0 N–H and O–H groups in total. The SMILES string of the molecule is CCCCc1cnc(-c2ccc(OCCC)c(F)c2)cn1. The summed E-state index contributed by atoms with van der Waals surface area (Å²) in [4.78, 5) is 8.74. The lowest BCUT2D eigenvalue weighted by molar-refractivity contribution is 0.301. The molecule has 3 nitrogen and oxygen atoms in total. The number of rotatable bonds is 7. The molecule has 112 valence electrons. The van der Waals surface area contributed by atoms with Crippen LogP contribution in [0.2, 0.25) is 0 Å². The molecule has 4 heteroatoms. The number of unbranched alkanes of at least 4 members (excludes halogenated alkanes) is 1. The molecule has 0 spiro atoms. The topological polar surface area (TPSA) is 35.0 Å². The molecular formula is C17H21FN2O. The highest BCUT2D eigenvalue weighted by molar-refractivity contribution is 5.59. The molecule has 2 aromatic rings. The predicted octanol–water partition coefficient (Wildman–Crippen LogP) is 4.41. The summed E-state index contributed by atoms with van der Waals surface area (Å²) in [6.45, 7) is 4.65. The molecule has 1 aromatic heterocycles. The predicted molar refractivity (Wildman–Crippen MR) is 81.8 cm³/mol. The third kappa shape index (κ3) is 4.25. The Labute approximate surface area is 125 Å². The molecule has 0 aliphatic rings. The number of ether oxygens (including phenoxy) is 1. The summed E-state index contributed by atoms with van der Waals surface area (Å²) in [6, 6.07) is 4.90. The van der Waals surface area contributed by atoms with Gasteiger partial charge >= 0.3 is 0 Å². The Bertz CT molecular complexity index is 570. The summed E-state index contributed by atoms with van der Waals surface area (Å²) in [5, 5.41) is 0. The monoisotopic (exact) mass is 288 g/mol. The van der Waals surface area contributed by atoms with Crippen LogP contribution in [0.15, 0.2) is 30.6 Å². The molecule has 1 aromatic carbocycles. The van der Waals surface area contributed by atoms with Crippen molar-refractivity contribution >= 4 is 0 Å². The average molecular weight is 288 g/mol. The quantitative estimate of drug-likeness (QED) is 0.756. The highest BCUT2D eigenvalue weighted by atomic mass is 19.1. The van der Waals surface area contributed by atoms with E-state index in [0.29, 0.717) is 17.9 Å². The summed E-state index contributed by atoms with van der Waals surface area (Å²) in [5.74, 6) is -0.0778. The largest absolute Gasteiger partial charge is 0.491 e. The van der Waals surface area contributed by atoms with Crippen molar-refractivity contribution < 1.29 is 9.13 Å². The first-order valence-corrected chi connectivity index (χ1v) is 7.48. The van der Waals surface area contributed by atoms with Crippen LogP contribution >= 0.6 is 0 Å². The number of aryl methyl sites for hydroxylation is 1. The Balaban J connectivity index is 2.12. The molecule has 0 amide bonds. The second-order valence-corrected chi connectivity index (χ2v) is 4.99. The minimum absolute atomic E-state index is 0.285. The fourth-order valence-corrected chi connectivity index (χ4v) is 1.98. The Kier molecular flexibility index (Phi) is 5.67. The number of hydrogen-bond acceptors (Lipinski definition) is 3. The molecule has 0 radical (unpaired) electrons. The van der Waals surface area contributed by atoms with Crippen molar-refractivity contribution in [3.05, 3.63) is 42.1 Å². The van der Waals surface area contributed by atoms with Gasteiger partial charge in [0.15, 0.2) is 11.6 Å². The van der Waals surface area contributed by atoms with Gasteiger partial charge in [-0.15, -0.1) is 0 Å². The van der Waals surface area contributed by atoms with Crippen molar-refractivity contribution in [1.82, 2.24) is 9.97 Å². The van der Waals surface area contributed by atoms with Gasteiger partial charge in [-0.25, -0.2) is 4.39 Å². The van der Waals surface area contributed by atoms with Crippen molar-refractivity contribution in [2.45, 2.75) is 39.5 Å². The number of aromatic nitrogens is 2. The van der Waals surface area contributed by atoms with Gasteiger partial charge in [-0.2, -0.15) is 0 Å². The molecule has 0 unspecified atom stereocenters. The summed E-state index contributed by atoms with van der Waals surface area (Å²) in [5.41, 5.74) is 2.37. The van der Waals surface area contributed by atoms with E-state index in [2.05, 4.69) is 16.9 Å². The first kappa shape index (κ1) is 15.4. The molecule has 0 fully saturated rings. The van der Waals surface area contributed by atoms with Crippen molar-refractivity contribution in [2.24, 2.45) is 0 Å². The minimum Gasteiger partial charge on any atom is -0.491 e. The highest BCUT2D eigenvalue weighted by Gasteiger charge is 2.07. The van der Waals surface area contributed by atoms with Crippen LogP contribution in [0.4, 0.5) is 4.39 Å². The lowest BCUT2D eigenvalue weighted by atomic mass is 10.1. The van der Waals surface area contributed by atoms with Gasteiger partial charge in [0, 0.05) is 11.8 Å². The maximum absolute atomic E-state index is 13.9. The Morgan fingerprint density at radius 2 is 1.95 bits per heavy atom. The van der Waals surface area contributed by atoms with E-state index in [1.54, 1.807) is 18.5 Å². The molecule has 1 heterocycles. The fourth-order valence-electron chi connectivity index (χ4n) is 1.98. The number of halogens is 1. The second-order valence-electron chi connectivity index (χ2n) is 4.99. The van der Waals surface area contributed by atoms with Crippen LogP contribution in [-0.2, 0) is 6.42 Å². The lowest BCUT2D eigenvalue weighted by Crippen LogP contribution is -1.98. The van der Waals surface area contributed by atoms with Gasteiger partial charge in [0.05, 0.1) is 24.2 Å². The van der Waals surface area contributed by atoms with E-state index in [1.807, 2.05) is 13.0 Å². The van der Waals surface area contributed by atoms with E-state index in [4.69, 9.17) is 4.74 Å². The Morgan fingerprint density at radius 1 is 1.10 bits per heavy atom. The lowest BCUT2D eigenvalue weighted by Gasteiger charge is -2.07. The number of nitrogens with zero attached hydrogens (tertiary/aromatic N) is 2. The van der Waals surface area contributed by atoms with Crippen molar-refractivity contribution in [2.75, 3.05) is 6.61 Å². The first-order valence-electron chi connectivity index (χ1n) is 7.48. The van der Waals surface area contributed by atoms with Crippen LogP contribution in [0.25, 0.3) is 11.3 Å². The molecule has 0 saturated heterocycles. The molecule has 0 atom stereocenters. The summed E-state index contributed by atoms with van der Waals surface area (Å²) in [7, 11) is 0. The third-order valence-corrected chi connectivity index (χ3v) is 3.18. The fraction of sp³-hybridized carbons (Fsp3) is 0.412. The normalized spacial score (nSPS) is 10.6. The maximum atomic E-state index is 13.9. The van der Waals surface area contributed by atoms with Crippen molar-refractivity contribution in [1.29, 1.82) is 0 Å². The van der Waals surface area contributed by atoms with Gasteiger partial charge in [-0.3, -0.25) is 9.97 Å². The van der Waals surface area contributed by atoms with Gasteiger partial charge in [0.1, 0.15) is 0 Å². The molecule has 0 bridgehead atoms. The second kappa shape index (κ2) is 7.72. The van der Waals surface area contributed by atoms with Gasteiger partial charge in [0.25, 0.3) is 0 Å². The van der Waals surface area contributed by atoms with E-state index < -0.39 is 0 Å². The minimum atomic E-state index is -0.363. The number of hydrogen-bond donors (Lipinski definition) is 0. The zero-order chi connectivity index (χ0) is 15.1. The number of benzene rings is 1. The first-order chi connectivity index (χ1) is 10.2. The van der Waals surface area contributed by atoms with Crippen LogP contribution < -0.4 is 4.74 Å². The van der Waals surface area contributed by atoms with E-state index in [1.165, 1.54) is 6.07 Å². The van der Waals surface area contributed by atoms with Crippen LogP contribution in [0.1, 0.15) is 38.8 Å². The van der Waals surface area contributed by atoms with Gasteiger partial charge in [0.2, 0.25) is 0 Å². The van der Waals surface area contributed by atoms with Gasteiger partial charge < -0.3 is 4.74 Å². The van der Waals surface area contributed by atoms with Gasteiger partial charge in [-0.05, 0) is 37.5 Å². The molecule has 2 rings (SSSR count). The van der Waals surface area contributed by atoms with Gasteiger partial charge in [-0.1, -0.05) is 20.3 Å². The smallest absolute Gasteiger partial charge is 0.165 e. The molecular weight excluding hydrogens is 267 g/mol. The highest BCUT2D eigenvalue weighted by Crippen LogP contribution is 2.24. The molecule has 21 heavy (non-hydrogen) atoms. The van der Waals surface area contributed by atoms with Crippen molar-refractivity contribution in [3.63, 3.8) is 0 Å². The summed E-state index contributed by atoms with van der Waals surface area (Å²) >= 11 is 0. The molecule has 0 aliphatic carbocycles.